The number of aryl methyl sites for hydroxylation is 1. The number of rotatable bonds is 5. The molecule has 1 N–H and O–H groups in total. The van der Waals surface area contributed by atoms with Gasteiger partial charge in [-0.25, -0.2) is 0 Å². The predicted octanol–water partition coefficient (Wildman–Crippen LogP) is 3.99. The van der Waals surface area contributed by atoms with E-state index >= 15 is 0 Å². The molecule has 0 saturated carbocycles. The van der Waals surface area contributed by atoms with E-state index < -0.39 is 0 Å². The van der Waals surface area contributed by atoms with Crippen molar-refractivity contribution < 1.29 is 9.53 Å². The third-order valence-corrected chi connectivity index (χ3v) is 3.79. The summed E-state index contributed by atoms with van der Waals surface area (Å²) in [6, 6.07) is 15.7. The zero-order valence-electron chi connectivity index (χ0n) is 13.4. The number of fused-ring (bicyclic) bond motifs is 1. The fraction of sp³-hybridized carbons (Fsp3) is 0.211. The van der Waals surface area contributed by atoms with Crippen LogP contribution < -0.4 is 10.1 Å². The number of para-hydroxylation sites is 1. The second-order valence-corrected chi connectivity index (χ2v) is 5.46. The molecule has 3 rings (SSSR count). The van der Waals surface area contributed by atoms with Crippen molar-refractivity contribution in [2.75, 3.05) is 11.9 Å². The van der Waals surface area contributed by atoms with Crippen molar-refractivity contribution in [3.63, 3.8) is 0 Å². The first-order chi connectivity index (χ1) is 11.2. The molecule has 118 valence electrons. The van der Waals surface area contributed by atoms with Gasteiger partial charge < -0.3 is 14.6 Å². The van der Waals surface area contributed by atoms with Crippen molar-refractivity contribution in [2.45, 2.75) is 20.4 Å². The Morgan fingerprint density at radius 3 is 2.78 bits per heavy atom. The number of aromatic nitrogens is 1. The van der Waals surface area contributed by atoms with E-state index in [0.717, 1.165) is 27.9 Å². The van der Waals surface area contributed by atoms with Gasteiger partial charge in [-0.2, -0.15) is 0 Å². The van der Waals surface area contributed by atoms with Crippen LogP contribution >= 0.6 is 0 Å². The lowest BCUT2D eigenvalue weighted by Crippen LogP contribution is -2.18. The molecule has 0 aliphatic rings. The first-order valence-corrected chi connectivity index (χ1v) is 7.74. The zero-order chi connectivity index (χ0) is 16.2. The summed E-state index contributed by atoms with van der Waals surface area (Å²) in [6.45, 7) is 4.87. The SMILES string of the molecule is CCOc1ccc2c(ccn2CC(=O)Nc2ccccc2C)c1. The molecule has 0 atom stereocenters. The molecule has 1 aromatic heterocycles. The molecule has 0 radical (unpaired) electrons. The minimum Gasteiger partial charge on any atom is -0.494 e. The Kier molecular flexibility index (Phi) is 4.33. The lowest BCUT2D eigenvalue weighted by molar-refractivity contribution is -0.116. The normalized spacial score (nSPS) is 10.7. The van der Waals surface area contributed by atoms with Gasteiger partial charge in [0.1, 0.15) is 12.3 Å². The number of nitrogens with one attached hydrogen (secondary N) is 1. The fourth-order valence-electron chi connectivity index (χ4n) is 2.63. The average Bonchev–Trinajstić information content (AvgIpc) is 2.92. The van der Waals surface area contributed by atoms with Gasteiger partial charge in [-0.05, 0) is 49.7 Å². The zero-order valence-corrected chi connectivity index (χ0v) is 13.4. The summed E-state index contributed by atoms with van der Waals surface area (Å²) in [4.78, 5) is 12.3. The van der Waals surface area contributed by atoms with Gasteiger partial charge >= 0.3 is 0 Å². The lowest BCUT2D eigenvalue weighted by Gasteiger charge is -2.10. The summed E-state index contributed by atoms with van der Waals surface area (Å²) in [5.41, 5.74) is 2.93. The van der Waals surface area contributed by atoms with Crippen LogP contribution in [0.15, 0.2) is 54.7 Å². The topological polar surface area (TPSA) is 43.3 Å². The molecule has 2 aromatic carbocycles. The van der Waals surface area contributed by atoms with E-state index in [1.54, 1.807) is 0 Å². The number of nitrogens with zero attached hydrogens (tertiary/aromatic N) is 1. The molecule has 1 amide bonds. The van der Waals surface area contributed by atoms with E-state index in [1.165, 1.54) is 0 Å². The Balaban J connectivity index is 1.76. The lowest BCUT2D eigenvalue weighted by atomic mass is 10.2. The number of carbonyl (C=O) groups excluding carboxylic acids is 1. The number of carbonyl (C=O) groups is 1. The summed E-state index contributed by atoms with van der Waals surface area (Å²) < 4.78 is 7.45. The molecule has 1 heterocycles. The van der Waals surface area contributed by atoms with Gasteiger partial charge in [0.05, 0.1) is 6.61 Å². The Hall–Kier alpha value is -2.75. The van der Waals surface area contributed by atoms with Crippen LogP contribution in [0.5, 0.6) is 5.75 Å². The quantitative estimate of drug-likeness (QED) is 0.774. The van der Waals surface area contributed by atoms with Gasteiger partial charge in [-0.3, -0.25) is 4.79 Å². The Labute approximate surface area is 135 Å². The van der Waals surface area contributed by atoms with Crippen LogP contribution in [0, 0.1) is 6.92 Å². The summed E-state index contributed by atoms with van der Waals surface area (Å²) in [5.74, 6) is 0.813. The van der Waals surface area contributed by atoms with Crippen LogP contribution in [0.2, 0.25) is 0 Å². The van der Waals surface area contributed by atoms with E-state index in [-0.39, 0.29) is 12.5 Å². The number of benzene rings is 2. The van der Waals surface area contributed by atoms with Crippen molar-refractivity contribution >= 4 is 22.5 Å². The Morgan fingerprint density at radius 1 is 1.17 bits per heavy atom. The van der Waals surface area contributed by atoms with Crippen LogP contribution in [0.1, 0.15) is 12.5 Å². The van der Waals surface area contributed by atoms with Gasteiger partial charge in [0.25, 0.3) is 0 Å². The number of hydrogen-bond acceptors (Lipinski definition) is 2. The second-order valence-electron chi connectivity index (χ2n) is 5.46. The molecule has 0 spiro atoms. The highest BCUT2D eigenvalue weighted by Crippen LogP contribution is 2.22. The van der Waals surface area contributed by atoms with Gasteiger partial charge in [0.15, 0.2) is 0 Å². The van der Waals surface area contributed by atoms with Gasteiger partial charge in [-0.15, -0.1) is 0 Å². The minimum atomic E-state index is -0.0364. The highest BCUT2D eigenvalue weighted by molar-refractivity contribution is 5.92. The Bertz CT molecular complexity index is 836. The van der Waals surface area contributed by atoms with E-state index in [4.69, 9.17) is 4.74 Å². The molecule has 4 nitrogen and oxygen atoms in total. The molecule has 3 aromatic rings. The maximum atomic E-state index is 12.3. The van der Waals surface area contributed by atoms with Gasteiger partial charge in [0, 0.05) is 22.8 Å². The van der Waals surface area contributed by atoms with Gasteiger partial charge in [0.2, 0.25) is 5.91 Å². The predicted molar refractivity (Wildman–Crippen MR) is 92.9 cm³/mol. The first kappa shape index (κ1) is 15.2. The standard InChI is InChI=1S/C19H20N2O2/c1-3-23-16-8-9-18-15(12-16)10-11-21(18)13-19(22)20-17-7-5-4-6-14(17)2/h4-12H,3,13H2,1-2H3,(H,20,22). The first-order valence-electron chi connectivity index (χ1n) is 7.74. The highest BCUT2D eigenvalue weighted by Gasteiger charge is 2.08. The minimum absolute atomic E-state index is 0.0364. The molecule has 0 saturated heterocycles. The molecule has 0 bridgehead atoms. The number of hydrogen-bond donors (Lipinski definition) is 1. The van der Waals surface area contributed by atoms with Gasteiger partial charge in [-0.1, -0.05) is 18.2 Å². The average molecular weight is 308 g/mol. The second kappa shape index (κ2) is 6.57. The van der Waals surface area contributed by atoms with Crippen LogP contribution in [-0.4, -0.2) is 17.1 Å². The summed E-state index contributed by atoms with van der Waals surface area (Å²) in [5, 5.41) is 4.03. The molecule has 23 heavy (non-hydrogen) atoms. The van der Waals surface area contributed by atoms with Crippen LogP contribution in [0.4, 0.5) is 5.69 Å². The van der Waals surface area contributed by atoms with Crippen molar-refractivity contribution in [1.29, 1.82) is 0 Å². The smallest absolute Gasteiger partial charge is 0.244 e. The summed E-state index contributed by atoms with van der Waals surface area (Å²) in [7, 11) is 0. The maximum Gasteiger partial charge on any atom is 0.244 e. The molecule has 0 unspecified atom stereocenters. The number of amides is 1. The fourth-order valence-corrected chi connectivity index (χ4v) is 2.63. The van der Waals surface area contributed by atoms with Crippen molar-refractivity contribution in [3.05, 3.63) is 60.3 Å². The van der Waals surface area contributed by atoms with Crippen LogP contribution in [0.3, 0.4) is 0 Å². The van der Waals surface area contributed by atoms with Crippen molar-refractivity contribution in [2.24, 2.45) is 0 Å². The number of ether oxygens (including phenoxy) is 1. The van der Waals surface area contributed by atoms with Crippen molar-refractivity contribution in [3.8, 4) is 5.75 Å². The van der Waals surface area contributed by atoms with E-state index in [1.807, 2.05) is 73.1 Å². The van der Waals surface area contributed by atoms with Crippen LogP contribution in [0.25, 0.3) is 10.9 Å². The molecular formula is C19H20N2O2. The molecule has 0 aliphatic heterocycles. The molecular weight excluding hydrogens is 288 g/mol. The molecule has 0 aliphatic carbocycles. The third kappa shape index (κ3) is 3.37. The van der Waals surface area contributed by atoms with Crippen molar-refractivity contribution in [1.82, 2.24) is 4.57 Å². The van der Waals surface area contributed by atoms with E-state index in [2.05, 4.69) is 5.32 Å². The monoisotopic (exact) mass is 308 g/mol. The Morgan fingerprint density at radius 2 is 2.00 bits per heavy atom. The number of anilines is 1. The largest absolute Gasteiger partial charge is 0.494 e. The van der Waals surface area contributed by atoms with E-state index in [0.29, 0.717) is 6.61 Å². The third-order valence-electron chi connectivity index (χ3n) is 3.79. The maximum absolute atomic E-state index is 12.3. The van der Waals surface area contributed by atoms with E-state index in [9.17, 15) is 4.79 Å². The highest BCUT2D eigenvalue weighted by atomic mass is 16.5. The summed E-state index contributed by atoms with van der Waals surface area (Å²) >= 11 is 0. The molecule has 0 fully saturated rings. The summed E-state index contributed by atoms with van der Waals surface area (Å²) in [6.07, 6.45) is 1.93. The van der Waals surface area contributed by atoms with Crippen LogP contribution in [-0.2, 0) is 11.3 Å². The molecule has 4 heteroatoms.